The predicted octanol–water partition coefficient (Wildman–Crippen LogP) is 6.98. The maximum absolute atomic E-state index is 13.4. The summed E-state index contributed by atoms with van der Waals surface area (Å²) >= 11 is 16.3. The first kappa shape index (κ1) is 28.5. The highest BCUT2D eigenvalue weighted by atomic mass is 79.9. The Labute approximate surface area is 221 Å². The van der Waals surface area contributed by atoms with Crippen LogP contribution in [0.2, 0.25) is 10.0 Å². The topological polar surface area (TPSA) is 58.6 Å². The molecule has 34 heavy (non-hydrogen) atoms. The molecule has 2 aromatic carbocycles. The molecule has 0 saturated heterocycles. The highest BCUT2D eigenvalue weighted by Gasteiger charge is 2.30. The van der Waals surface area contributed by atoms with Gasteiger partial charge in [0, 0.05) is 28.7 Å². The highest BCUT2D eigenvalue weighted by molar-refractivity contribution is 9.10. The third kappa shape index (κ3) is 7.89. The van der Waals surface area contributed by atoms with Gasteiger partial charge in [0.15, 0.2) is 6.61 Å². The van der Waals surface area contributed by atoms with Crippen molar-refractivity contribution in [2.24, 2.45) is 0 Å². The molecular formula is C26H33BrCl2N2O3. The molecule has 0 radical (unpaired) electrons. The monoisotopic (exact) mass is 570 g/mol. The van der Waals surface area contributed by atoms with Gasteiger partial charge in [0.2, 0.25) is 5.91 Å². The number of benzene rings is 2. The maximum atomic E-state index is 13.4. The van der Waals surface area contributed by atoms with Crippen molar-refractivity contribution in [3.8, 4) is 5.75 Å². The lowest BCUT2D eigenvalue weighted by atomic mass is 10.0. The van der Waals surface area contributed by atoms with Crippen molar-refractivity contribution in [2.45, 2.75) is 65.5 Å². The Balaban J connectivity index is 2.26. The molecule has 2 amide bonds. The first-order valence-electron chi connectivity index (χ1n) is 11.6. The molecule has 5 nitrogen and oxygen atoms in total. The van der Waals surface area contributed by atoms with Gasteiger partial charge in [-0.25, -0.2) is 0 Å². The van der Waals surface area contributed by atoms with Crippen molar-refractivity contribution < 1.29 is 14.3 Å². The van der Waals surface area contributed by atoms with Crippen LogP contribution in [0.4, 0.5) is 0 Å². The number of hydrogen-bond donors (Lipinski definition) is 1. The first-order valence-corrected chi connectivity index (χ1v) is 13.2. The maximum Gasteiger partial charge on any atom is 0.261 e. The van der Waals surface area contributed by atoms with Crippen molar-refractivity contribution in [1.82, 2.24) is 10.2 Å². The molecule has 186 valence electrons. The van der Waals surface area contributed by atoms with E-state index in [9.17, 15) is 9.59 Å². The van der Waals surface area contributed by atoms with Crippen LogP contribution in [0.25, 0.3) is 0 Å². The molecule has 0 heterocycles. The Morgan fingerprint density at radius 2 is 1.79 bits per heavy atom. The summed E-state index contributed by atoms with van der Waals surface area (Å²) in [6.45, 7) is 8.60. The van der Waals surface area contributed by atoms with Crippen LogP contribution in [0.1, 0.15) is 64.0 Å². The number of nitrogens with zero attached hydrogens (tertiary/aromatic N) is 1. The van der Waals surface area contributed by atoms with E-state index in [4.69, 9.17) is 27.9 Å². The molecule has 0 aliphatic carbocycles. The molecule has 0 aromatic heterocycles. The van der Waals surface area contributed by atoms with Crippen LogP contribution in [0, 0.1) is 0 Å². The normalized spacial score (nSPS) is 11.9. The zero-order valence-corrected chi connectivity index (χ0v) is 23.3. The molecule has 1 unspecified atom stereocenters. The highest BCUT2D eigenvalue weighted by Crippen LogP contribution is 2.30. The van der Waals surface area contributed by atoms with Gasteiger partial charge in [-0.15, -0.1) is 0 Å². The number of carbonyl (C=O) groups excluding carboxylic acids is 2. The van der Waals surface area contributed by atoms with E-state index in [1.165, 1.54) is 4.90 Å². The largest absolute Gasteiger partial charge is 0.483 e. The average molecular weight is 572 g/mol. The van der Waals surface area contributed by atoms with E-state index in [0.717, 1.165) is 22.9 Å². The van der Waals surface area contributed by atoms with E-state index in [1.54, 1.807) is 18.2 Å². The minimum Gasteiger partial charge on any atom is -0.483 e. The van der Waals surface area contributed by atoms with Crippen molar-refractivity contribution in [3.63, 3.8) is 0 Å². The van der Waals surface area contributed by atoms with Crippen LogP contribution in [0.15, 0.2) is 40.9 Å². The minimum atomic E-state index is -0.674. The van der Waals surface area contributed by atoms with E-state index in [-0.39, 0.29) is 25.0 Å². The molecule has 8 heteroatoms. The molecule has 0 saturated carbocycles. The number of carbonyl (C=O) groups is 2. The smallest absolute Gasteiger partial charge is 0.261 e. The lowest BCUT2D eigenvalue weighted by Crippen LogP contribution is -2.50. The lowest BCUT2D eigenvalue weighted by Gasteiger charge is -2.31. The third-order valence-corrected chi connectivity index (χ3v) is 6.91. The van der Waals surface area contributed by atoms with E-state index in [2.05, 4.69) is 42.0 Å². The molecular weight excluding hydrogens is 539 g/mol. The number of unbranched alkanes of at least 4 members (excludes halogenated alkanes) is 1. The van der Waals surface area contributed by atoms with Crippen LogP contribution >= 0.6 is 39.1 Å². The van der Waals surface area contributed by atoms with Gasteiger partial charge >= 0.3 is 0 Å². The van der Waals surface area contributed by atoms with Crippen molar-refractivity contribution in [1.29, 1.82) is 0 Å². The number of nitrogens with one attached hydrogen (secondary N) is 1. The minimum absolute atomic E-state index is 0.105. The number of amides is 2. The molecule has 0 spiro atoms. The van der Waals surface area contributed by atoms with Gasteiger partial charge in [0.25, 0.3) is 5.91 Å². The van der Waals surface area contributed by atoms with E-state index in [1.807, 2.05) is 25.1 Å². The summed E-state index contributed by atoms with van der Waals surface area (Å²) < 4.78 is 6.62. The van der Waals surface area contributed by atoms with Crippen LogP contribution in [-0.2, 0) is 16.1 Å². The van der Waals surface area contributed by atoms with E-state index < -0.39 is 6.04 Å². The first-order chi connectivity index (χ1) is 16.2. The summed E-state index contributed by atoms with van der Waals surface area (Å²) in [4.78, 5) is 27.9. The number of ether oxygens (including phenoxy) is 1. The summed E-state index contributed by atoms with van der Waals surface area (Å²) in [6.07, 6.45) is 2.28. The lowest BCUT2D eigenvalue weighted by molar-refractivity contribution is -0.143. The molecule has 0 bridgehead atoms. The molecule has 1 N–H and O–H groups in total. The summed E-state index contributed by atoms with van der Waals surface area (Å²) in [5, 5.41) is 3.83. The molecule has 2 rings (SSSR count). The second-order valence-corrected chi connectivity index (χ2v) is 10.1. The fourth-order valence-electron chi connectivity index (χ4n) is 3.50. The summed E-state index contributed by atoms with van der Waals surface area (Å²) in [6, 6.07) is 10.3. The average Bonchev–Trinajstić information content (AvgIpc) is 2.79. The van der Waals surface area contributed by atoms with Gasteiger partial charge < -0.3 is 15.0 Å². The summed E-state index contributed by atoms with van der Waals surface area (Å²) in [5.74, 6) is 0.413. The Kier molecular flexibility index (Phi) is 11.7. The van der Waals surface area contributed by atoms with Gasteiger partial charge in [-0.05, 0) is 64.5 Å². The fourth-order valence-corrected chi connectivity index (χ4v) is 4.52. The van der Waals surface area contributed by atoms with Crippen LogP contribution < -0.4 is 10.1 Å². The number of rotatable bonds is 12. The Bertz CT molecular complexity index is 964. The Hall–Kier alpha value is -1.76. The number of halogens is 3. The van der Waals surface area contributed by atoms with Gasteiger partial charge in [0.05, 0.1) is 4.47 Å². The quantitative estimate of drug-likeness (QED) is 0.279. The van der Waals surface area contributed by atoms with Crippen LogP contribution in [0.5, 0.6) is 5.75 Å². The van der Waals surface area contributed by atoms with Crippen LogP contribution in [-0.4, -0.2) is 35.9 Å². The van der Waals surface area contributed by atoms with Gasteiger partial charge in [-0.2, -0.15) is 0 Å². The SMILES string of the molecule is CCCCNC(=O)C(CC)N(Cc1c(Cl)cccc1Cl)C(=O)COc1ccc(C(C)C)cc1Br. The third-order valence-electron chi connectivity index (χ3n) is 5.58. The Morgan fingerprint density at radius 3 is 2.35 bits per heavy atom. The van der Waals surface area contributed by atoms with Gasteiger partial charge in [0.1, 0.15) is 11.8 Å². The Morgan fingerprint density at radius 1 is 1.12 bits per heavy atom. The van der Waals surface area contributed by atoms with E-state index in [0.29, 0.717) is 40.2 Å². The van der Waals surface area contributed by atoms with Crippen molar-refractivity contribution >= 4 is 50.9 Å². The molecule has 0 aliphatic heterocycles. The van der Waals surface area contributed by atoms with Crippen molar-refractivity contribution in [2.75, 3.05) is 13.2 Å². The second-order valence-electron chi connectivity index (χ2n) is 8.42. The molecule has 0 fully saturated rings. The zero-order valence-electron chi connectivity index (χ0n) is 20.2. The predicted molar refractivity (Wildman–Crippen MR) is 143 cm³/mol. The zero-order chi connectivity index (χ0) is 25.3. The summed E-state index contributed by atoms with van der Waals surface area (Å²) in [7, 11) is 0. The van der Waals surface area contributed by atoms with Gasteiger partial charge in [-0.1, -0.05) is 69.5 Å². The standard InChI is InChI=1S/C26H33BrCl2N2O3/c1-5-7-13-30-26(33)23(6-2)31(15-19-21(28)9-8-10-22(19)29)25(32)16-34-24-12-11-18(17(3)4)14-20(24)27/h8-12,14,17,23H,5-7,13,15-16H2,1-4H3,(H,30,33). The molecule has 0 aliphatic rings. The van der Waals surface area contributed by atoms with Crippen molar-refractivity contribution in [3.05, 3.63) is 62.0 Å². The van der Waals surface area contributed by atoms with Crippen LogP contribution in [0.3, 0.4) is 0 Å². The summed E-state index contributed by atoms with van der Waals surface area (Å²) in [5.41, 5.74) is 1.76. The second kappa shape index (κ2) is 14.0. The molecule has 2 aromatic rings. The van der Waals surface area contributed by atoms with E-state index >= 15 is 0 Å². The van der Waals surface area contributed by atoms with Gasteiger partial charge in [-0.3, -0.25) is 9.59 Å². The molecule has 1 atom stereocenters. The number of hydrogen-bond acceptors (Lipinski definition) is 3. The fraction of sp³-hybridized carbons (Fsp3) is 0.462.